The van der Waals surface area contributed by atoms with Crippen LogP contribution in [-0.2, 0) is 4.74 Å². The van der Waals surface area contributed by atoms with Crippen molar-refractivity contribution in [3.63, 3.8) is 0 Å². The van der Waals surface area contributed by atoms with Crippen LogP contribution in [0.4, 0.5) is 0 Å². The number of nitrogens with one attached hydrogen (secondary N) is 1. The van der Waals surface area contributed by atoms with Gasteiger partial charge >= 0.3 is 0 Å². The maximum atomic E-state index is 6.09. The molecule has 0 aliphatic heterocycles. The summed E-state index contributed by atoms with van der Waals surface area (Å²) < 4.78 is 6.09. The molecule has 0 unspecified atom stereocenters. The second kappa shape index (κ2) is 8.20. The molecule has 1 fully saturated rings. The molecule has 1 aliphatic rings. The Morgan fingerprint density at radius 3 is 2.63 bits per heavy atom. The van der Waals surface area contributed by atoms with Crippen LogP contribution in [0.1, 0.15) is 52.4 Å². The Hall–Kier alpha value is -1.03. The third-order valence-corrected chi connectivity index (χ3v) is 3.49. The summed E-state index contributed by atoms with van der Waals surface area (Å²) in [5.41, 5.74) is 6.84. The predicted molar refractivity (Wildman–Crippen MR) is 81.4 cm³/mol. The van der Waals surface area contributed by atoms with Crippen molar-refractivity contribution in [3.05, 3.63) is 12.2 Å². The number of hydrogen-bond donors (Lipinski definition) is 2. The largest absolute Gasteiger partial charge is 0.373 e. The van der Waals surface area contributed by atoms with Gasteiger partial charge in [0.2, 0.25) is 0 Å². The molecule has 0 bridgehead atoms. The molecular formula is C15H29N3O. The maximum absolute atomic E-state index is 6.09. The molecule has 0 radical (unpaired) electrons. The first kappa shape index (κ1) is 16.0. The molecule has 0 aromatic heterocycles. The predicted octanol–water partition coefficient (Wildman–Crippen LogP) is 2.60. The minimum Gasteiger partial charge on any atom is -0.373 e. The van der Waals surface area contributed by atoms with E-state index < -0.39 is 0 Å². The van der Waals surface area contributed by atoms with Gasteiger partial charge in [0.15, 0.2) is 5.96 Å². The molecule has 4 heteroatoms. The van der Waals surface area contributed by atoms with E-state index in [4.69, 9.17) is 10.5 Å². The van der Waals surface area contributed by atoms with Crippen molar-refractivity contribution in [2.75, 3.05) is 19.7 Å². The minimum absolute atomic E-state index is 0.0796. The zero-order valence-electron chi connectivity index (χ0n) is 12.5. The average molecular weight is 267 g/mol. The highest BCUT2D eigenvalue weighted by Crippen LogP contribution is 2.32. The van der Waals surface area contributed by atoms with Gasteiger partial charge in [-0.3, -0.25) is 4.99 Å². The van der Waals surface area contributed by atoms with Gasteiger partial charge in [-0.05, 0) is 26.2 Å². The Balaban J connectivity index is 2.51. The van der Waals surface area contributed by atoms with Crippen molar-refractivity contribution in [1.82, 2.24) is 5.32 Å². The summed E-state index contributed by atoms with van der Waals surface area (Å²) in [6.45, 7) is 10.1. The lowest BCUT2D eigenvalue weighted by Crippen LogP contribution is -2.41. The van der Waals surface area contributed by atoms with E-state index in [1.165, 1.54) is 19.3 Å². The Kier molecular flexibility index (Phi) is 6.92. The normalized spacial score (nSPS) is 19.2. The van der Waals surface area contributed by atoms with Gasteiger partial charge in [0, 0.05) is 13.2 Å². The number of nitrogens with zero attached hydrogens (tertiary/aromatic N) is 1. The third kappa shape index (κ3) is 6.10. The molecule has 0 amide bonds. The fraction of sp³-hybridized carbons (Fsp3) is 0.800. The van der Waals surface area contributed by atoms with Gasteiger partial charge in [-0.25, -0.2) is 0 Å². The first-order valence-corrected chi connectivity index (χ1v) is 7.40. The second-order valence-electron chi connectivity index (χ2n) is 5.60. The first-order chi connectivity index (χ1) is 9.08. The van der Waals surface area contributed by atoms with E-state index in [1.54, 1.807) is 0 Å². The molecule has 0 spiro atoms. The smallest absolute Gasteiger partial charge is 0.188 e. The van der Waals surface area contributed by atoms with Crippen LogP contribution in [-0.4, -0.2) is 31.3 Å². The summed E-state index contributed by atoms with van der Waals surface area (Å²) in [5, 5.41) is 3.07. The van der Waals surface area contributed by atoms with Crippen molar-refractivity contribution in [1.29, 1.82) is 0 Å². The fourth-order valence-electron chi connectivity index (χ4n) is 2.39. The number of guanidine groups is 1. The van der Waals surface area contributed by atoms with Crippen LogP contribution < -0.4 is 11.1 Å². The van der Waals surface area contributed by atoms with E-state index >= 15 is 0 Å². The van der Waals surface area contributed by atoms with Crippen molar-refractivity contribution < 1.29 is 4.74 Å². The van der Waals surface area contributed by atoms with Crippen LogP contribution in [0.2, 0.25) is 0 Å². The first-order valence-electron chi connectivity index (χ1n) is 7.40. The fourth-order valence-corrected chi connectivity index (χ4v) is 2.39. The molecule has 0 aromatic carbocycles. The number of ether oxygens (including phenoxy) is 1. The average Bonchev–Trinajstić information content (AvgIpc) is 2.42. The molecule has 1 rings (SSSR count). The standard InChI is InChI=1S/C15H29N3O/c1-4-10-19-15(8-6-5-7-9-15)12-18-14(16)17-11-13(2)3/h2,4-12H2,1,3H3,(H3,16,17,18). The highest BCUT2D eigenvalue weighted by molar-refractivity contribution is 5.78. The highest BCUT2D eigenvalue weighted by Gasteiger charge is 2.32. The molecule has 1 aliphatic carbocycles. The number of rotatable bonds is 7. The zero-order chi connectivity index (χ0) is 14.1. The van der Waals surface area contributed by atoms with Gasteiger partial charge in [-0.15, -0.1) is 0 Å². The molecule has 0 saturated heterocycles. The van der Waals surface area contributed by atoms with E-state index in [-0.39, 0.29) is 5.60 Å². The summed E-state index contributed by atoms with van der Waals surface area (Å²) in [7, 11) is 0. The zero-order valence-corrected chi connectivity index (χ0v) is 12.5. The van der Waals surface area contributed by atoms with E-state index in [2.05, 4.69) is 23.8 Å². The van der Waals surface area contributed by atoms with Crippen molar-refractivity contribution >= 4 is 5.96 Å². The SMILES string of the molecule is C=C(C)CNC(N)=NCC1(OCCC)CCCCC1. The molecule has 4 nitrogen and oxygen atoms in total. The lowest BCUT2D eigenvalue weighted by atomic mass is 9.84. The van der Waals surface area contributed by atoms with E-state index in [9.17, 15) is 0 Å². The molecule has 110 valence electrons. The van der Waals surface area contributed by atoms with Crippen molar-refractivity contribution in [2.45, 2.75) is 58.0 Å². The van der Waals surface area contributed by atoms with E-state index in [0.717, 1.165) is 31.4 Å². The van der Waals surface area contributed by atoms with Gasteiger partial charge in [0.1, 0.15) is 0 Å². The Morgan fingerprint density at radius 1 is 1.37 bits per heavy atom. The van der Waals surface area contributed by atoms with Crippen LogP contribution in [0.3, 0.4) is 0 Å². The molecule has 0 heterocycles. The molecule has 0 atom stereocenters. The molecule has 19 heavy (non-hydrogen) atoms. The maximum Gasteiger partial charge on any atom is 0.188 e. The van der Waals surface area contributed by atoms with Crippen LogP contribution >= 0.6 is 0 Å². The number of hydrogen-bond acceptors (Lipinski definition) is 2. The lowest BCUT2D eigenvalue weighted by Gasteiger charge is -2.36. The topological polar surface area (TPSA) is 59.6 Å². The van der Waals surface area contributed by atoms with Crippen LogP contribution in [0.15, 0.2) is 17.1 Å². The van der Waals surface area contributed by atoms with E-state index in [0.29, 0.717) is 19.0 Å². The highest BCUT2D eigenvalue weighted by atomic mass is 16.5. The Labute approximate surface area is 117 Å². The van der Waals surface area contributed by atoms with Crippen LogP contribution in [0.5, 0.6) is 0 Å². The minimum atomic E-state index is -0.0796. The van der Waals surface area contributed by atoms with Crippen molar-refractivity contribution in [3.8, 4) is 0 Å². The number of nitrogens with two attached hydrogens (primary N) is 1. The summed E-state index contributed by atoms with van der Waals surface area (Å²) in [6.07, 6.45) is 7.03. The van der Waals surface area contributed by atoms with Crippen LogP contribution in [0, 0.1) is 0 Å². The van der Waals surface area contributed by atoms with E-state index in [1.807, 2.05) is 6.92 Å². The van der Waals surface area contributed by atoms with Gasteiger partial charge in [-0.2, -0.15) is 0 Å². The molecular weight excluding hydrogens is 238 g/mol. The van der Waals surface area contributed by atoms with Gasteiger partial charge in [0.05, 0.1) is 12.1 Å². The Morgan fingerprint density at radius 2 is 2.05 bits per heavy atom. The monoisotopic (exact) mass is 267 g/mol. The number of aliphatic imine (C=N–C) groups is 1. The van der Waals surface area contributed by atoms with Gasteiger partial charge in [-0.1, -0.05) is 38.3 Å². The summed E-state index contributed by atoms with van der Waals surface area (Å²) in [5.74, 6) is 0.494. The summed E-state index contributed by atoms with van der Waals surface area (Å²) in [4.78, 5) is 4.46. The molecule has 3 N–H and O–H groups in total. The summed E-state index contributed by atoms with van der Waals surface area (Å²) in [6, 6.07) is 0. The molecule has 1 saturated carbocycles. The van der Waals surface area contributed by atoms with Gasteiger partial charge in [0.25, 0.3) is 0 Å². The Bertz CT molecular complexity index is 307. The van der Waals surface area contributed by atoms with Crippen molar-refractivity contribution in [2.24, 2.45) is 10.7 Å². The lowest BCUT2D eigenvalue weighted by molar-refractivity contribution is -0.0624. The third-order valence-electron chi connectivity index (χ3n) is 3.49. The van der Waals surface area contributed by atoms with Gasteiger partial charge < -0.3 is 15.8 Å². The quantitative estimate of drug-likeness (QED) is 0.423. The summed E-state index contributed by atoms with van der Waals surface area (Å²) >= 11 is 0. The second-order valence-corrected chi connectivity index (χ2v) is 5.60. The van der Waals surface area contributed by atoms with Crippen LogP contribution in [0.25, 0.3) is 0 Å². The molecule has 0 aromatic rings.